The molecule has 1 fully saturated rings. The maximum absolute atomic E-state index is 13.7. The van der Waals surface area contributed by atoms with E-state index in [2.05, 4.69) is 5.32 Å². The third-order valence-corrected chi connectivity index (χ3v) is 5.12. The highest BCUT2D eigenvalue weighted by molar-refractivity contribution is 8.00. The largest absolute Gasteiger partial charge is 0.382 e. The number of primary sulfonamides is 1. The van der Waals surface area contributed by atoms with Gasteiger partial charge in [-0.05, 0) is 36.8 Å². The van der Waals surface area contributed by atoms with Crippen molar-refractivity contribution in [2.45, 2.75) is 23.0 Å². The molecular formula is C11H15FN2O2S2. The zero-order valence-corrected chi connectivity index (χ0v) is 11.4. The normalized spacial score (nSPS) is 20.0. The van der Waals surface area contributed by atoms with Gasteiger partial charge in [-0.15, -0.1) is 0 Å². The summed E-state index contributed by atoms with van der Waals surface area (Å²) >= 11 is 1.87. The van der Waals surface area contributed by atoms with Crippen LogP contribution in [0.5, 0.6) is 0 Å². The van der Waals surface area contributed by atoms with Gasteiger partial charge in [0, 0.05) is 11.8 Å². The van der Waals surface area contributed by atoms with Gasteiger partial charge >= 0.3 is 0 Å². The number of sulfonamides is 1. The summed E-state index contributed by atoms with van der Waals surface area (Å²) in [6.07, 6.45) is 2.33. The van der Waals surface area contributed by atoms with Crippen LogP contribution in [0.2, 0.25) is 0 Å². The van der Waals surface area contributed by atoms with E-state index in [1.807, 2.05) is 11.8 Å². The van der Waals surface area contributed by atoms with Crippen molar-refractivity contribution in [3.63, 3.8) is 0 Å². The smallest absolute Gasteiger partial charge is 0.238 e. The zero-order valence-electron chi connectivity index (χ0n) is 9.73. The Morgan fingerprint density at radius 2 is 2.28 bits per heavy atom. The number of hydrogen-bond acceptors (Lipinski definition) is 4. The van der Waals surface area contributed by atoms with Gasteiger partial charge in [-0.2, -0.15) is 11.8 Å². The molecule has 100 valence electrons. The van der Waals surface area contributed by atoms with Gasteiger partial charge in [-0.1, -0.05) is 0 Å². The first-order chi connectivity index (χ1) is 8.47. The molecule has 4 nitrogen and oxygen atoms in total. The lowest BCUT2D eigenvalue weighted by atomic mass is 10.2. The molecule has 7 heteroatoms. The van der Waals surface area contributed by atoms with Crippen LogP contribution in [0.15, 0.2) is 23.1 Å². The molecule has 1 heterocycles. The average Bonchev–Trinajstić information content (AvgIpc) is 2.79. The van der Waals surface area contributed by atoms with Gasteiger partial charge in [-0.3, -0.25) is 0 Å². The highest BCUT2D eigenvalue weighted by Gasteiger charge is 2.16. The van der Waals surface area contributed by atoms with E-state index in [9.17, 15) is 12.8 Å². The summed E-state index contributed by atoms with van der Waals surface area (Å²) < 4.78 is 35.8. The molecule has 0 aliphatic carbocycles. The van der Waals surface area contributed by atoms with Crippen molar-refractivity contribution in [1.82, 2.24) is 0 Å². The monoisotopic (exact) mass is 290 g/mol. The Labute approximate surface area is 110 Å². The zero-order chi connectivity index (χ0) is 13.2. The SMILES string of the molecule is NS(=O)(=O)c1ccc(NCC2CCCS2)c(F)c1. The van der Waals surface area contributed by atoms with E-state index in [4.69, 9.17) is 5.14 Å². The fraction of sp³-hybridized carbons (Fsp3) is 0.455. The molecule has 1 aromatic rings. The molecule has 1 unspecified atom stereocenters. The molecule has 1 saturated heterocycles. The lowest BCUT2D eigenvalue weighted by molar-refractivity contribution is 0.592. The summed E-state index contributed by atoms with van der Waals surface area (Å²) in [5, 5.41) is 8.44. The number of nitrogens with one attached hydrogen (secondary N) is 1. The van der Waals surface area contributed by atoms with Gasteiger partial charge in [0.2, 0.25) is 10.0 Å². The van der Waals surface area contributed by atoms with E-state index < -0.39 is 15.8 Å². The standard InChI is InChI=1S/C11H15FN2O2S2/c12-10-6-9(18(13,15)16)3-4-11(10)14-7-8-2-1-5-17-8/h3-4,6,8,14H,1-2,5,7H2,(H2,13,15,16). The van der Waals surface area contributed by atoms with Gasteiger partial charge in [0.1, 0.15) is 5.82 Å². The highest BCUT2D eigenvalue weighted by atomic mass is 32.2. The number of anilines is 1. The van der Waals surface area contributed by atoms with Gasteiger partial charge in [-0.25, -0.2) is 17.9 Å². The number of benzene rings is 1. The predicted octanol–water partition coefficient (Wildman–Crippen LogP) is 1.78. The minimum Gasteiger partial charge on any atom is -0.382 e. The molecule has 0 amide bonds. The first-order valence-electron chi connectivity index (χ1n) is 5.64. The van der Waals surface area contributed by atoms with Crippen molar-refractivity contribution in [1.29, 1.82) is 0 Å². The second kappa shape index (κ2) is 5.46. The van der Waals surface area contributed by atoms with Crippen molar-refractivity contribution < 1.29 is 12.8 Å². The van der Waals surface area contributed by atoms with Crippen LogP contribution >= 0.6 is 11.8 Å². The van der Waals surface area contributed by atoms with Crippen molar-refractivity contribution in [3.05, 3.63) is 24.0 Å². The second-order valence-corrected chi connectivity index (χ2v) is 7.17. The third kappa shape index (κ3) is 3.37. The van der Waals surface area contributed by atoms with Crippen molar-refractivity contribution in [2.24, 2.45) is 5.14 Å². The summed E-state index contributed by atoms with van der Waals surface area (Å²) in [7, 11) is -3.84. The van der Waals surface area contributed by atoms with Crippen LogP contribution in [0.4, 0.5) is 10.1 Å². The number of nitrogens with two attached hydrogens (primary N) is 1. The Balaban J connectivity index is 2.05. The fourth-order valence-corrected chi connectivity index (χ4v) is 3.57. The number of thioether (sulfide) groups is 1. The van der Waals surface area contributed by atoms with E-state index in [1.54, 1.807) is 0 Å². The van der Waals surface area contributed by atoms with Gasteiger partial charge < -0.3 is 5.32 Å². The van der Waals surface area contributed by atoms with Crippen LogP contribution < -0.4 is 10.5 Å². The van der Waals surface area contributed by atoms with E-state index in [-0.39, 0.29) is 4.90 Å². The molecule has 3 N–H and O–H groups in total. The molecule has 0 aromatic heterocycles. The van der Waals surface area contributed by atoms with Crippen molar-refractivity contribution in [2.75, 3.05) is 17.6 Å². The first kappa shape index (κ1) is 13.6. The Kier molecular flexibility index (Phi) is 4.14. The van der Waals surface area contributed by atoms with E-state index in [0.717, 1.165) is 18.2 Å². The summed E-state index contributed by atoms with van der Waals surface area (Å²) in [6, 6.07) is 3.66. The number of hydrogen-bond donors (Lipinski definition) is 2. The number of halogens is 1. The Morgan fingerprint density at radius 1 is 1.50 bits per heavy atom. The Bertz CT molecular complexity index is 528. The molecule has 1 aliphatic rings. The fourth-order valence-electron chi connectivity index (χ4n) is 1.85. The lowest BCUT2D eigenvalue weighted by Gasteiger charge is -2.12. The summed E-state index contributed by atoms with van der Waals surface area (Å²) in [4.78, 5) is -0.208. The topological polar surface area (TPSA) is 72.2 Å². The van der Waals surface area contributed by atoms with E-state index >= 15 is 0 Å². The van der Waals surface area contributed by atoms with Gasteiger partial charge in [0.05, 0.1) is 10.6 Å². The summed E-state index contributed by atoms with van der Waals surface area (Å²) in [5.41, 5.74) is 0.315. The lowest BCUT2D eigenvalue weighted by Crippen LogP contribution is -2.15. The maximum Gasteiger partial charge on any atom is 0.238 e. The molecular weight excluding hydrogens is 275 g/mol. The Morgan fingerprint density at radius 3 is 2.83 bits per heavy atom. The molecule has 2 rings (SSSR count). The van der Waals surface area contributed by atoms with Gasteiger partial charge in [0.25, 0.3) is 0 Å². The molecule has 0 spiro atoms. The number of rotatable bonds is 4. The minimum atomic E-state index is -3.84. The summed E-state index contributed by atoms with van der Waals surface area (Å²) in [6.45, 7) is 0.691. The quantitative estimate of drug-likeness (QED) is 0.886. The van der Waals surface area contributed by atoms with Crippen molar-refractivity contribution in [3.8, 4) is 0 Å². The van der Waals surface area contributed by atoms with Crippen LogP contribution in [-0.2, 0) is 10.0 Å². The molecule has 1 aliphatic heterocycles. The molecule has 1 aromatic carbocycles. The van der Waals surface area contributed by atoms with Gasteiger partial charge in [0.15, 0.2) is 0 Å². The predicted molar refractivity (Wildman–Crippen MR) is 71.7 cm³/mol. The van der Waals surface area contributed by atoms with Crippen LogP contribution in [0.25, 0.3) is 0 Å². The van der Waals surface area contributed by atoms with E-state index in [0.29, 0.717) is 17.5 Å². The van der Waals surface area contributed by atoms with Crippen LogP contribution in [-0.4, -0.2) is 26.0 Å². The minimum absolute atomic E-state index is 0.208. The second-order valence-electron chi connectivity index (χ2n) is 4.20. The maximum atomic E-state index is 13.7. The molecule has 1 atom stereocenters. The van der Waals surface area contributed by atoms with E-state index in [1.165, 1.54) is 18.6 Å². The molecule has 0 bridgehead atoms. The molecule has 0 radical (unpaired) electrons. The molecule has 18 heavy (non-hydrogen) atoms. The van der Waals surface area contributed by atoms with Crippen LogP contribution in [0, 0.1) is 5.82 Å². The average molecular weight is 290 g/mol. The van der Waals surface area contributed by atoms with Crippen molar-refractivity contribution >= 4 is 27.5 Å². The summed E-state index contributed by atoms with van der Waals surface area (Å²) in [5.74, 6) is 0.559. The third-order valence-electron chi connectivity index (χ3n) is 2.81. The van der Waals surface area contributed by atoms with Crippen LogP contribution in [0.3, 0.4) is 0 Å². The molecule has 0 saturated carbocycles. The highest BCUT2D eigenvalue weighted by Crippen LogP contribution is 2.27. The Hall–Kier alpha value is -0.790. The first-order valence-corrected chi connectivity index (χ1v) is 8.24. The van der Waals surface area contributed by atoms with Crippen LogP contribution in [0.1, 0.15) is 12.8 Å².